The van der Waals surface area contributed by atoms with Crippen LogP contribution in [0.25, 0.3) is 0 Å². The monoisotopic (exact) mass is 277 g/mol. The summed E-state index contributed by atoms with van der Waals surface area (Å²) in [4.78, 5) is 4.96. The van der Waals surface area contributed by atoms with E-state index in [1.54, 1.807) is 7.11 Å². The molecule has 1 aliphatic heterocycles. The number of nitrogens with zero attached hydrogens (tertiary/aromatic N) is 2. The van der Waals surface area contributed by atoms with Crippen molar-refractivity contribution < 1.29 is 4.74 Å². The Labute approximate surface area is 122 Å². The second-order valence-electron chi connectivity index (χ2n) is 5.49. The van der Waals surface area contributed by atoms with Gasteiger partial charge in [-0.2, -0.15) is 0 Å². The Morgan fingerprint density at radius 3 is 2.65 bits per heavy atom. The molecule has 4 nitrogen and oxygen atoms in total. The van der Waals surface area contributed by atoms with Crippen molar-refractivity contribution >= 4 is 0 Å². The number of benzene rings is 1. The summed E-state index contributed by atoms with van der Waals surface area (Å²) in [6.07, 6.45) is 1.21. The van der Waals surface area contributed by atoms with Crippen LogP contribution in [0.1, 0.15) is 12.0 Å². The average molecular weight is 277 g/mol. The minimum absolute atomic E-state index is 0.882. The predicted octanol–water partition coefficient (Wildman–Crippen LogP) is 1.42. The zero-order chi connectivity index (χ0) is 14.2. The van der Waals surface area contributed by atoms with Gasteiger partial charge in [-0.3, -0.25) is 0 Å². The van der Waals surface area contributed by atoms with Gasteiger partial charge in [0.15, 0.2) is 0 Å². The van der Waals surface area contributed by atoms with E-state index in [4.69, 9.17) is 4.74 Å². The fourth-order valence-corrected chi connectivity index (χ4v) is 2.57. The van der Waals surface area contributed by atoms with Crippen LogP contribution in [0.15, 0.2) is 24.3 Å². The maximum atomic E-state index is 5.35. The van der Waals surface area contributed by atoms with Crippen LogP contribution in [-0.2, 0) is 6.54 Å². The SMILES string of the molecule is COc1ccccc1CNCCCN1CCN(C)CC1. The van der Waals surface area contributed by atoms with E-state index in [9.17, 15) is 0 Å². The maximum Gasteiger partial charge on any atom is 0.123 e. The molecular formula is C16H27N3O. The van der Waals surface area contributed by atoms with Crippen molar-refractivity contribution in [1.29, 1.82) is 0 Å². The lowest BCUT2D eigenvalue weighted by molar-refractivity contribution is 0.152. The number of hydrogen-bond acceptors (Lipinski definition) is 4. The minimum atomic E-state index is 0.882. The molecule has 0 radical (unpaired) electrons. The number of nitrogens with one attached hydrogen (secondary N) is 1. The quantitative estimate of drug-likeness (QED) is 0.763. The molecule has 1 N–H and O–H groups in total. The van der Waals surface area contributed by atoms with Gasteiger partial charge < -0.3 is 19.9 Å². The van der Waals surface area contributed by atoms with Gasteiger partial charge in [-0.05, 0) is 32.6 Å². The topological polar surface area (TPSA) is 27.7 Å². The highest BCUT2D eigenvalue weighted by molar-refractivity contribution is 5.32. The molecule has 1 aromatic rings. The van der Waals surface area contributed by atoms with Crippen molar-refractivity contribution in [2.24, 2.45) is 0 Å². The molecule has 112 valence electrons. The summed E-state index contributed by atoms with van der Waals surface area (Å²) < 4.78 is 5.35. The zero-order valence-electron chi connectivity index (χ0n) is 12.8. The van der Waals surface area contributed by atoms with Gasteiger partial charge in [0.25, 0.3) is 0 Å². The summed E-state index contributed by atoms with van der Waals surface area (Å²) in [5.74, 6) is 0.971. The largest absolute Gasteiger partial charge is 0.496 e. The highest BCUT2D eigenvalue weighted by Gasteiger charge is 2.12. The molecule has 1 aliphatic rings. The molecular weight excluding hydrogens is 250 g/mol. The Morgan fingerprint density at radius 1 is 1.15 bits per heavy atom. The molecule has 1 heterocycles. The van der Waals surface area contributed by atoms with E-state index in [-0.39, 0.29) is 0 Å². The molecule has 0 unspecified atom stereocenters. The zero-order valence-corrected chi connectivity index (χ0v) is 12.8. The molecule has 0 spiro atoms. The van der Waals surface area contributed by atoms with Gasteiger partial charge in [-0.25, -0.2) is 0 Å². The number of likely N-dealkylation sites (N-methyl/N-ethyl adjacent to an activating group) is 1. The van der Waals surface area contributed by atoms with Crippen molar-refractivity contribution in [3.63, 3.8) is 0 Å². The van der Waals surface area contributed by atoms with Crippen LogP contribution in [-0.4, -0.2) is 63.2 Å². The fraction of sp³-hybridized carbons (Fsp3) is 0.625. The highest BCUT2D eigenvalue weighted by atomic mass is 16.5. The molecule has 0 aromatic heterocycles. The lowest BCUT2D eigenvalue weighted by atomic mass is 10.2. The molecule has 0 saturated carbocycles. The van der Waals surface area contributed by atoms with Gasteiger partial charge >= 0.3 is 0 Å². The Hall–Kier alpha value is -1.10. The molecule has 1 fully saturated rings. The van der Waals surface area contributed by atoms with E-state index in [1.165, 1.54) is 44.7 Å². The minimum Gasteiger partial charge on any atom is -0.496 e. The van der Waals surface area contributed by atoms with Gasteiger partial charge in [0.1, 0.15) is 5.75 Å². The Balaban J connectivity index is 1.59. The Kier molecular flexibility index (Phi) is 6.30. The summed E-state index contributed by atoms with van der Waals surface area (Å²) in [6, 6.07) is 8.20. The van der Waals surface area contributed by atoms with E-state index in [1.807, 2.05) is 12.1 Å². The van der Waals surface area contributed by atoms with Crippen LogP contribution in [0.4, 0.5) is 0 Å². The van der Waals surface area contributed by atoms with Crippen molar-refractivity contribution in [2.75, 3.05) is 53.4 Å². The van der Waals surface area contributed by atoms with Gasteiger partial charge in [-0.1, -0.05) is 18.2 Å². The van der Waals surface area contributed by atoms with E-state index < -0.39 is 0 Å². The molecule has 1 aromatic carbocycles. The number of hydrogen-bond donors (Lipinski definition) is 1. The van der Waals surface area contributed by atoms with Crippen LogP contribution in [0.2, 0.25) is 0 Å². The third kappa shape index (κ3) is 4.78. The number of methoxy groups -OCH3 is 1. The van der Waals surface area contributed by atoms with E-state index in [0.717, 1.165) is 18.8 Å². The van der Waals surface area contributed by atoms with Crippen molar-refractivity contribution in [2.45, 2.75) is 13.0 Å². The summed E-state index contributed by atoms with van der Waals surface area (Å²) >= 11 is 0. The van der Waals surface area contributed by atoms with Crippen LogP contribution in [0.5, 0.6) is 5.75 Å². The first kappa shape index (κ1) is 15.3. The lowest BCUT2D eigenvalue weighted by Gasteiger charge is -2.32. The molecule has 0 bridgehead atoms. The van der Waals surface area contributed by atoms with Gasteiger partial charge in [-0.15, -0.1) is 0 Å². The molecule has 0 aliphatic carbocycles. The highest BCUT2D eigenvalue weighted by Crippen LogP contribution is 2.16. The van der Waals surface area contributed by atoms with Crippen molar-refractivity contribution in [3.05, 3.63) is 29.8 Å². The number of rotatable bonds is 7. The standard InChI is InChI=1S/C16H27N3O/c1-18-10-12-19(13-11-18)9-5-8-17-14-15-6-3-4-7-16(15)20-2/h3-4,6-7,17H,5,8-14H2,1-2H3. The average Bonchev–Trinajstić information content (AvgIpc) is 2.49. The first-order chi connectivity index (χ1) is 9.79. The molecule has 0 atom stereocenters. The van der Waals surface area contributed by atoms with Crippen molar-refractivity contribution in [1.82, 2.24) is 15.1 Å². The summed E-state index contributed by atoms with van der Waals surface area (Å²) in [5.41, 5.74) is 1.23. The van der Waals surface area contributed by atoms with Crippen LogP contribution >= 0.6 is 0 Å². The third-order valence-corrected chi connectivity index (χ3v) is 3.93. The number of para-hydroxylation sites is 1. The lowest BCUT2D eigenvalue weighted by Crippen LogP contribution is -2.45. The summed E-state index contributed by atoms with van der Waals surface area (Å²) in [6.45, 7) is 7.97. The smallest absolute Gasteiger partial charge is 0.123 e. The van der Waals surface area contributed by atoms with Gasteiger partial charge in [0.2, 0.25) is 0 Å². The van der Waals surface area contributed by atoms with Crippen LogP contribution in [0.3, 0.4) is 0 Å². The van der Waals surface area contributed by atoms with Crippen LogP contribution in [0, 0.1) is 0 Å². The van der Waals surface area contributed by atoms with Crippen molar-refractivity contribution in [3.8, 4) is 5.75 Å². The summed E-state index contributed by atoms with van der Waals surface area (Å²) in [5, 5.41) is 3.51. The normalized spacial score (nSPS) is 17.3. The molecule has 0 amide bonds. The summed E-state index contributed by atoms with van der Waals surface area (Å²) in [7, 11) is 3.93. The molecule has 2 rings (SSSR count). The van der Waals surface area contributed by atoms with Gasteiger partial charge in [0.05, 0.1) is 7.11 Å². The predicted molar refractivity (Wildman–Crippen MR) is 83.3 cm³/mol. The van der Waals surface area contributed by atoms with E-state index >= 15 is 0 Å². The molecule has 4 heteroatoms. The second-order valence-corrected chi connectivity index (χ2v) is 5.49. The Bertz CT molecular complexity index is 389. The maximum absolute atomic E-state index is 5.35. The number of piperazine rings is 1. The molecule has 20 heavy (non-hydrogen) atoms. The van der Waals surface area contributed by atoms with E-state index in [2.05, 4.69) is 34.3 Å². The third-order valence-electron chi connectivity index (χ3n) is 3.93. The molecule has 1 saturated heterocycles. The van der Waals surface area contributed by atoms with E-state index in [0.29, 0.717) is 0 Å². The first-order valence-corrected chi connectivity index (χ1v) is 7.53. The second kappa shape index (κ2) is 8.25. The number of ether oxygens (including phenoxy) is 1. The fourth-order valence-electron chi connectivity index (χ4n) is 2.57. The van der Waals surface area contributed by atoms with Crippen LogP contribution < -0.4 is 10.1 Å². The van der Waals surface area contributed by atoms with Gasteiger partial charge in [0, 0.05) is 38.3 Å². The Morgan fingerprint density at radius 2 is 1.90 bits per heavy atom. The first-order valence-electron chi connectivity index (χ1n) is 7.53.